The SMILES string of the molecule is O=C(NC(Cc1ccccc1)C(=O)CCC(O)N1CCC[C@H]1C(=O)O)c1ccccc1. The molecule has 3 rings (SSSR count). The Labute approximate surface area is 181 Å². The molecule has 0 radical (unpaired) electrons. The molecular weight excluding hydrogens is 396 g/mol. The normalized spacial score (nSPS) is 18.3. The fourth-order valence-corrected chi connectivity index (χ4v) is 3.95. The fraction of sp³-hybridized carbons (Fsp3) is 0.375. The average molecular weight is 424 g/mol. The second kappa shape index (κ2) is 10.8. The Morgan fingerprint density at radius 3 is 2.32 bits per heavy atom. The number of carbonyl (C=O) groups is 3. The van der Waals surface area contributed by atoms with Crippen molar-refractivity contribution in [2.45, 2.75) is 50.4 Å². The first kappa shape index (κ1) is 22.7. The van der Waals surface area contributed by atoms with Crippen LogP contribution in [-0.4, -0.2) is 57.6 Å². The molecule has 2 aromatic carbocycles. The minimum atomic E-state index is -1.00. The predicted octanol–water partition coefficient (Wildman–Crippen LogP) is 2.24. The van der Waals surface area contributed by atoms with Crippen LogP contribution in [0.25, 0.3) is 0 Å². The largest absolute Gasteiger partial charge is 0.480 e. The van der Waals surface area contributed by atoms with Gasteiger partial charge in [0.2, 0.25) is 0 Å². The van der Waals surface area contributed by atoms with Gasteiger partial charge >= 0.3 is 5.97 Å². The van der Waals surface area contributed by atoms with Gasteiger partial charge in [0, 0.05) is 18.5 Å². The third kappa shape index (κ3) is 6.23. The number of ketones is 1. The summed E-state index contributed by atoms with van der Waals surface area (Å²) in [6, 6.07) is 16.7. The van der Waals surface area contributed by atoms with Crippen molar-refractivity contribution in [3.05, 3.63) is 71.8 Å². The van der Waals surface area contributed by atoms with Crippen molar-refractivity contribution in [3.8, 4) is 0 Å². The molecule has 2 aromatic rings. The van der Waals surface area contributed by atoms with Crippen LogP contribution in [0.2, 0.25) is 0 Å². The molecule has 0 spiro atoms. The first-order chi connectivity index (χ1) is 15.0. The molecule has 1 heterocycles. The minimum Gasteiger partial charge on any atom is -0.480 e. The first-order valence-electron chi connectivity index (χ1n) is 10.5. The molecule has 0 saturated carbocycles. The summed E-state index contributed by atoms with van der Waals surface area (Å²) in [5, 5.41) is 22.6. The number of nitrogens with zero attached hydrogens (tertiary/aromatic N) is 1. The quantitative estimate of drug-likeness (QED) is 0.540. The zero-order valence-corrected chi connectivity index (χ0v) is 17.3. The van der Waals surface area contributed by atoms with Crippen molar-refractivity contribution in [2.75, 3.05) is 6.54 Å². The number of benzene rings is 2. The Kier molecular flexibility index (Phi) is 7.92. The number of aliphatic hydroxyl groups is 1. The molecule has 1 aliphatic rings. The van der Waals surface area contributed by atoms with Crippen LogP contribution in [0.15, 0.2) is 60.7 Å². The maximum absolute atomic E-state index is 13.0. The second-order valence-electron chi connectivity index (χ2n) is 7.80. The van der Waals surface area contributed by atoms with Crippen LogP contribution in [0, 0.1) is 0 Å². The molecule has 1 saturated heterocycles. The van der Waals surface area contributed by atoms with Crippen molar-refractivity contribution in [3.63, 3.8) is 0 Å². The van der Waals surface area contributed by atoms with E-state index in [-0.39, 0.29) is 24.5 Å². The summed E-state index contributed by atoms with van der Waals surface area (Å²) in [4.78, 5) is 38.5. The summed E-state index contributed by atoms with van der Waals surface area (Å²) in [5.74, 6) is -1.49. The van der Waals surface area contributed by atoms with Crippen LogP contribution in [0.3, 0.4) is 0 Å². The van der Waals surface area contributed by atoms with Crippen molar-refractivity contribution < 1.29 is 24.6 Å². The maximum atomic E-state index is 13.0. The Bertz CT molecular complexity index is 887. The molecule has 0 aliphatic carbocycles. The monoisotopic (exact) mass is 424 g/mol. The van der Waals surface area contributed by atoms with Crippen molar-refractivity contribution >= 4 is 17.7 Å². The third-order valence-corrected chi connectivity index (χ3v) is 5.62. The van der Waals surface area contributed by atoms with Gasteiger partial charge in [-0.3, -0.25) is 19.3 Å². The van der Waals surface area contributed by atoms with E-state index in [0.29, 0.717) is 31.4 Å². The highest BCUT2D eigenvalue weighted by Crippen LogP contribution is 2.22. The minimum absolute atomic E-state index is 0.0383. The molecular formula is C24H28N2O5. The van der Waals surface area contributed by atoms with Crippen LogP contribution in [0.1, 0.15) is 41.6 Å². The van der Waals surface area contributed by atoms with Gasteiger partial charge in [-0.05, 0) is 43.4 Å². The molecule has 1 aliphatic heterocycles. The van der Waals surface area contributed by atoms with Crippen LogP contribution < -0.4 is 5.32 Å². The number of aliphatic hydroxyl groups excluding tert-OH is 1. The summed E-state index contributed by atoms with van der Waals surface area (Å²) in [5.41, 5.74) is 1.38. The number of carbonyl (C=O) groups excluding carboxylic acids is 2. The van der Waals surface area contributed by atoms with E-state index in [1.807, 2.05) is 36.4 Å². The molecule has 3 atom stereocenters. The van der Waals surface area contributed by atoms with E-state index in [9.17, 15) is 24.6 Å². The number of Topliss-reactive ketones (excluding diaryl/α,β-unsaturated/α-hetero) is 1. The van der Waals surface area contributed by atoms with Gasteiger partial charge in [0.1, 0.15) is 12.3 Å². The van der Waals surface area contributed by atoms with Crippen molar-refractivity contribution in [2.24, 2.45) is 0 Å². The van der Waals surface area contributed by atoms with E-state index in [4.69, 9.17) is 0 Å². The van der Waals surface area contributed by atoms with Gasteiger partial charge in [-0.2, -0.15) is 0 Å². The highest BCUT2D eigenvalue weighted by atomic mass is 16.4. The highest BCUT2D eigenvalue weighted by Gasteiger charge is 2.35. The van der Waals surface area contributed by atoms with Gasteiger partial charge in [-0.15, -0.1) is 0 Å². The van der Waals surface area contributed by atoms with Crippen molar-refractivity contribution in [1.29, 1.82) is 0 Å². The lowest BCUT2D eigenvalue weighted by atomic mass is 9.98. The molecule has 7 heteroatoms. The molecule has 0 aromatic heterocycles. The number of hydrogen-bond donors (Lipinski definition) is 3. The third-order valence-electron chi connectivity index (χ3n) is 5.62. The lowest BCUT2D eigenvalue weighted by molar-refractivity contribution is -0.146. The van der Waals surface area contributed by atoms with Crippen molar-refractivity contribution in [1.82, 2.24) is 10.2 Å². The zero-order chi connectivity index (χ0) is 22.2. The number of likely N-dealkylation sites (tertiary alicyclic amines) is 1. The van der Waals surface area contributed by atoms with E-state index < -0.39 is 24.3 Å². The molecule has 1 fully saturated rings. The lowest BCUT2D eigenvalue weighted by Gasteiger charge is -2.27. The van der Waals surface area contributed by atoms with Gasteiger partial charge in [-0.1, -0.05) is 48.5 Å². The standard InChI is InChI=1S/C24H28N2O5/c27-21(13-14-22(28)26-15-7-12-20(26)24(30)31)19(16-17-8-3-1-4-9-17)25-23(29)18-10-5-2-6-11-18/h1-6,8-11,19-20,22,28H,7,12-16H2,(H,25,29)(H,30,31)/t19?,20-,22?/m0/s1. The average Bonchev–Trinajstić information content (AvgIpc) is 3.28. The van der Waals surface area contributed by atoms with Gasteiger partial charge in [0.25, 0.3) is 5.91 Å². The smallest absolute Gasteiger partial charge is 0.320 e. The summed E-state index contributed by atoms with van der Waals surface area (Å²) in [6.45, 7) is 0.491. The first-order valence-corrected chi connectivity index (χ1v) is 10.5. The van der Waals surface area contributed by atoms with Crippen LogP contribution in [0.4, 0.5) is 0 Å². The predicted molar refractivity (Wildman–Crippen MR) is 115 cm³/mol. The number of rotatable bonds is 10. The number of carboxylic acid groups (broad SMARTS) is 1. The summed E-state index contributed by atoms with van der Waals surface area (Å²) >= 11 is 0. The van der Waals surface area contributed by atoms with E-state index in [0.717, 1.165) is 5.56 Å². The molecule has 3 N–H and O–H groups in total. The van der Waals surface area contributed by atoms with E-state index >= 15 is 0 Å². The number of carboxylic acids is 1. The maximum Gasteiger partial charge on any atom is 0.320 e. The molecule has 2 unspecified atom stereocenters. The van der Waals surface area contributed by atoms with Gasteiger partial charge in [0.05, 0.1) is 6.04 Å². The summed E-state index contributed by atoms with van der Waals surface area (Å²) in [7, 11) is 0. The second-order valence-corrected chi connectivity index (χ2v) is 7.80. The molecule has 164 valence electrons. The lowest BCUT2D eigenvalue weighted by Crippen LogP contribution is -2.45. The number of nitrogens with one attached hydrogen (secondary N) is 1. The summed E-state index contributed by atoms with van der Waals surface area (Å²) < 4.78 is 0. The van der Waals surface area contributed by atoms with E-state index in [1.54, 1.807) is 24.3 Å². The Morgan fingerprint density at radius 2 is 1.68 bits per heavy atom. The van der Waals surface area contributed by atoms with Crippen LogP contribution in [0.5, 0.6) is 0 Å². The van der Waals surface area contributed by atoms with Crippen LogP contribution >= 0.6 is 0 Å². The highest BCUT2D eigenvalue weighted by molar-refractivity contribution is 5.98. The topological polar surface area (TPSA) is 107 Å². The molecule has 1 amide bonds. The fourth-order valence-electron chi connectivity index (χ4n) is 3.95. The van der Waals surface area contributed by atoms with Gasteiger partial charge in [-0.25, -0.2) is 0 Å². The van der Waals surface area contributed by atoms with E-state index in [1.165, 1.54) is 4.90 Å². The number of hydrogen-bond acceptors (Lipinski definition) is 5. The summed E-state index contributed by atoms with van der Waals surface area (Å²) in [6.07, 6.45) is 0.687. The Balaban J connectivity index is 1.65. The van der Waals surface area contributed by atoms with E-state index in [2.05, 4.69) is 5.32 Å². The molecule has 31 heavy (non-hydrogen) atoms. The number of aliphatic carboxylic acids is 1. The molecule has 7 nitrogen and oxygen atoms in total. The Hall–Kier alpha value is -3.03. The van der Waals surface area contributed by atoms with Gasteiger partial charge < -0.3 is 15.5 Å². The zero-order valence-electron chi connectivity index (χ0n) is 17.3. The van der Waals surface area contributed by atoms with Crippen LogP contribution in [-0.2, 0) is 16.0 Å². The number of amides is 1. The Morgan fingerprint density at radius 1 is 1.03 bits per heavy atom. The van der Waals surface area contributed by atoms with Gasteiger partial charge in [0.15, 0.2) is 5.78 Å². The molecule has 0 bridgehead atoms.